The molecule has 3 heterocycles. The van der Waals surface area contributed by atoms with Gasteiger partial charge in [-0.3, -0.25) is 14.4 Å². The van der Waals surface area contributed by atoms with Gasteiger partial charge in [0.05, 0.1) is 11.5 Å². The van der Waals surface area contributed by atoms with E-state index in [1.165, 1.54) is 6.07 Å². The van der Waals surface area contributed by atoms with Gasteiger partial charge in [-0.05, 0) is 55.2 Å². The first kappa shape index (κ1) is 22.9. The predicted octanol–water partition coefficient (Wildman–Crippen LogP) is 3.85. The van der Waals surface area contributed by atoms with Crippen molar-refractivity contribution in [3.05, 3.63) is 81.8 Å². The number of nitriles is 1. The third-order valence-electron chi connectivity index (χ3n) is 7.42. The van der Waals surface area contributed by atoms with Crippen molar-refractivity contribution in [3.8, 4) is 6.07 Å². The molecule has 0 spiro atoms. The number of pyridine rings is 1. The lowest BCUT2D eigenvalue weighted by Crippen LogP contribution is -2.44. The van der Waals surface area contributed by atoms with Crippen molar-refractivity contribution in [3.63, 3.8) is 0 Å². The van der Waals surface area contributed by atoms with Crippen molar-refractivity contribution < 1.29 is 9.59 Å². The highest BCUT2D eigenvalue weighted by molar-refractivity contribution is 6.10. The first-order valence-electron chi connectivity index (χ1n) is 12.2. The molecular formula is C28H28N4O3. The van der Waals surface area contributed by atoms with Crippen molar-refractivity contribution in [1.82, 2.24) is 14.8 Å². The molecule has 0 saturated carbocycles. The number of hydrogen-bond acceptors (Lipinski definition) is 4. The molecule has 1 aromatic heterocycles. The summed E-state index contributed by atoms with van der Waals surface area (Å²) in [7, 11) is 0. The Kier molecular flexibility index (Phi) is 6.12. The minimum Gasteiger partial charge on any atom is -0.339 e. The van der Waals surface area contributed by atoms with Crippen molar-refractivity contribution in [2.45, 2.75) is 37.5 Å². The Labute approximate surface area is 204 Å². The van der Waals surface area contributed by atoms with Gasteiger partial charge >= 0.3 is 0 Å². The van der Waals surface area contributed by atoms with Gasteiger partial charge in [-0.25, -0.2) is 0 Å². The molecule has 7 nitrogen and oxygen atoms in total. The molecular weight excluding hydrogens is 440 g/mol. The number of H-pyrrole nitrogens is 1. The summed E-state index contributed by atoms with van der Waals surface area (Å²) < 4.78 is 0. The summed E-state index contributed by atoms with van der Waals surface area (Å²) in [6.07, 6.45) is 5.69. The van der Waals surface area contributed by atoms with E-state index < -0.39 is 5.41 Å². The van der Waals surface area contributed by atoms with E-state index in [1.54, 1.807) is 23.2 Å². The van der Waals surface area contributed by atoms with Crippen LogP contribution in [0.2, 0.25) is 0 Å². The van der Waals surface area contributed by atoms with Gasteiger partial charge < -0.3 is 14.8 Å². The minimum atomic E-state index is -0.601. The van der Waals surface area contributed by atoms with Gasteiger partial charge in [-0.2, -0.15) is 5.26 Å². The first-order valence-corrected chi connectivity index (χ1v) is 12.2. The van der Waals surface area contributed by atoms with Gasteiger partial charge in [0.25, 0.3) is 11.8 Å². The zero-order valence-electron chi connectivity index (χ0n) is 19.6. The lowest BCUT2D eigenvalue weighted by molar-refractivity contribution is 0.0692. The summed E-state index contributed by atoms with van der Waals surface area (Å²) in [5.41, 5.74) is 0.921. The summed E-state index contributed by atoms with van der Waals surface area (Å²) in [5.74, 6) is -0.299. The van der Waals surface area contributed by atoms with E-state index in [2.05, 4.69) is 11.1 Å². The van der Waals surface area contributed by atoms with E-state index in [-0.39, 0.29) is 17.4 Å². The maximum Gasteiger partial charge on any atom is 0.254 e. The van der Waals surface area contributed by atoms with E-state index in [9.17, 15) is 19.6 Å². The van der Waals surface area contributed by atoms with E-state index in [4.69, 9.17) is 0 Å². The number of carbonyl (C=O) groups is 2. The second-order valence-electron chi connectivity index (χ2n) is 9.53. The van der Waals surface area contributed by atoms with Crippen molar-refractivity contribution >= 4 is 22.6 Å². The molecule has 2 fully saturated rings. The number of aromatic amines is 1. The monoisotopic (exact) mass is 468 g/mol. The molecule has 3 aromatic rings. The Bertz CT molecular complexity index is 1360. The highest BCUT2D eigenvalue weighted by Crippen LogP contribution is 2.35. The molecule has 0 bridgehead atoms. The highest BCUT2D eigenvalue weighted by atomic mass is 16.2. The van der Waals surface area contributed by atoms with Gasteiger partial charge in [0.1, 0.15) is 0 Å². The quantitative estimate of drug-likeness (QED) is 0.631. The number of nitrogens with one attached hydrogen (secondary N) is 1. The number of hydrogen-bond donors (Lipinski definition) is 1. The maximum atomic E-state index is 13.5. The number of rotatable bonds is 3. The van der Waals surface area contributed by atoms with Crippen LogP contribution in [0.25, 0.3) is 10.8 Å². The molecule has 2 aromatic carbocycles. The maximum absolute atomic E-state index is 13.5. The summed E-state index contributed by atoms with van der Waals surface area (Å²) in [6, 6.07) is 17.1. The van der Waals surface area contributed by atoms with Crippen LogP contribution in [0.5, 0.6) is 0 Å². The van der Waals surface area contributed by atoms with Gasteiger partial charge in [0.2, 0.25) is 5.56 Å². The molecule has 2 amide bonds. The molecule has 2 aliphatic rings. The lowest BCUT2D eigenvalue weighted by Gasteiger charge is -2.37. The van der Waals surface area contributed by atoms with E-state index in [0.29, 0.717) is 60.9 Å². The number of aromatic nitrogens is 1. The van der Waals surface area contributed by atoms with Crippen LogP contribution in [0.1, 0.15) is 58.4 Å². The van der Waals surface area contributed by atoms with Gasteiger partial charge in [0.15, 0.2) is 0 Å². The predicted molar refractivity (Wildman–Crippen MR) is 133 cm³/mol. The molecule has 0 unspecified atom stereocenters. The normalized spacial score (nSPS) is 17.7. The molecule has 1 N–H and O–H groups in total. The highest BCUT2D eigenvalue weighted by Gasteiger charge is 2.38. The Morgan fingerprint density at radius 2 is 1.57 bits per heavy atom. The SMILES string of the molecule is N#CC1(c2ccccc2)CCN(C(=O)c2cc(C(=O)N3CCCCC3)c3cc(=O)[nH]cc3c2)CC1. The van der Waals surface area contributed by atoms with Crippen molar-refractivity contribution in [2.24, 2.45) is 0 Å². The number of fused-ring (bicyclic) bond motifs is 1. The average Bonchev–Trinajstić information content (AvgIpc) is 2.92. The summed E-state index contributed by atoms with van der Waals surface area (Å²) in [6.45, 7) is 2.29. The topological polar surface area (TPSA) is 97.3 Å². The van der Waals surface area contributed by atoms with Crippen LogP contribution in [-0.4, -0.2) is 52.8 Å². The molecule has 5 rings (SSSR count). The molecule has 35 heavy (non-hydrogen) atoms. The van der Waals surface area contributed by atoms with Gasteiger partial charge in [-0.15, -0.1) is 0 Å². The van der Waals surface area contributed by atoms with Crippen molar-refractivity contribution in [2.75, 3.05) is 26.2 Å². The number of amides is 2. The largest absolute Gasteiger partial charge is 0.339 e. The van der Waals surface area contributed by atoms with Gasteiger partial charge in [0, 0.05) is 55.0 Å². The van der Waals surface area contributed by atoms with Crippen LogP contribution in [0.4, 0.5) is 0 Å². The zero-order chi connectivity index (χ0) is 24.4. The lowest BCUT2D eigenvalue weighted by atomic mass is 9.74. The third kappa shape index (κ3) is 4.32. The summed E-state index contributed by atoms with van der Waals surface area (Å²) in [5, 5.41) is 11.2. The number of piperidine rings is 2. The van der Waals surface area contributed by atoms with Crippen LogP contribution in [0.3, 0.4) is 0 Å². The van der Waals surface area contributed by atoms with Crippen LogP contribution >= 0.6 is 0 Å². The number of nitrogens with zero attached hydrogens (tertiary/aromatic N) is 3. The molecule has 2 aliphatic heterocycles. The van der Waals surface area contributed by atoms with Crippen LogP contribution in [0, 0.1) is 11.3 Å². The fourth-order valence-electron chi connectivity index (χ4n) is 5.34. The fraction of sp³-hybridized carbons (Fsp3) is 0.357. The molecule has 0 radical (unpaired) electrons. The summed E-state index contributed by atoms with van der Waals surface area (Å²) >= 11 is 0. The fourth-order valence-corrected chi connectivity index (χ4v) is 5.34. The molecule has 2 saturated heterocycles. The smallest absolute Gasteiger partial charge is 0.254 e. The van der Waals surface area contributed by atoms with E-state index in [0.717, 1.165) is 24.8 Å². The number of benzene rings is 2. The van der Waals surface area contributed by atoms with Crippen LogP contribution in [0.15, 0.2) is 59.5 Å². The zero-order valence-corrected chi connectivity index (χ0v) is 19.6. The number of carbonyl (C=O) groups excluding carboxylic acids is 2. The van der Waals surface area contributed by atoms with Crippen molar-refractivity contribution in [1.29, 1.82) is 5.26 Å². The standard InChI is InChI=1S/C28H28N4O3/c29-19-28(22-7-3-1-4-8-22)9-13-32(14-10-28)26(34)20-15-21-18-30-25(33)17-23(21)24(16-20)27(35)31-11-5-2-6-12-31/h1,3-4,7-8,15-18H,2,5-6,9-14H2,(H,30,33). The number of likely N-dealkylation sites (tertiary alicyclic amines) is 2. The molecule has 178 valence electrons. The van der Waals surface area contributed by atoms with Crippen LogP contribution < -0.4 is 5.56 Å². The average molecular weight is 469 g/mol. The molecule has 0 aliphatic carbocycles. The van der Waals surface area contributed by atoms with E-state index in [1.807, 2.05) is 35.2 Å². The van der Waals surface area contributed by atoms with Gasteiger partial charge in [-0.1, -0.05) is 30.3 Å². The molecule has 7 heteroatoms. The van der Waals surface area contributed by atoms with E-state index >= 15 is 0 Å². The first-order chi connectivity index (χ1) is 17.0. The Balaban J connectivity index is 1.44. The second-order valence-corrected chi connectivity index (χ2v) is 9.53. The molecule has 0 atom stereocenters. The summed E-state index contributed by atoms with van der Waals surface area (Å²) in [4.78, 5) is 45.2. The van der Waals surface area contributed by atoms with Crippen LogP contribution in [-0.2, 0) is 5.41 Å². The minimum absolute atomic E-state index is 0.138. The third-order valence-corrected chi connectivity index (χ3v) is 7.42. The second kappa shape index (κ2) is 9.38. The Morgan fingerprint density at radius 3 is 2.26 bits per heavy atom. The Hall–Kier alpha value is -3.92. The Morgan fingerprint density at radius 1 is 0.886 bits per heavy atom.